The van der Waals surface area contributed by atoms with Crippen molar-refractivity contribution in [3.05, 3.63) is 28.2 Å². The van der Waals surface area contributed by atoms with Crippen LogP contribution in [0.1, 0.15) is 5.56 Å². The van der Waals surface area contributed by atoms with Gasteiger partial charge in [0.25, 0.3) is 0 Å². The second-order valence-corrected chi connectivity index (χ2v) is 4.35. The van der Waals surface area contributed by atoms with Crippen LogP contribution >= 0.6 is 15.9 Å². The second-order valence-electron chi connectivity index (χ2n) is 3.49. The van der Waals surface area contributed by atoms with Gasteiger partial charge in [-0.15, -0.1) is 0 Å². The van der Waals surface area contributed by atoms with Crippen LogP contribution in [0.15, 0.2) is 22.7 Å². The number of benzene rings is 1. The van der Waals surface area contributed by atoms with Crippen LogP contribution in [0.5, 0.6) is 5.75 Å². The van der Waals surface area contributed by atoms with Gasteiger partial charge >= 0.3 is 0 Å². The molecule has 0 atom stereocenters. The molecule has 0 saturated heterocycles. The topological polar surface area (TPSA) is 24.5 Å². The van der Waals surface area contributed by atoms with Crippen LogP contribution in [0.3, 0.4) is 0 Å². The highest BCUT2D eigenvalue weighted by Gasteiger charge is 2.03. The highest BCUT2D eigenvalue weighted by molar-refractivity contribution is 9.10. The van der Waals surface area contributed by atoms with Gasteiger partial charge in [0.05, 0.1) is 11.6 Å². The molecule has 0 aliphatic rings. The first-order valence-corrected chi connectivity index (χ1v) is 5.62. The summed E-state index contributed by atoms with van der Waals surface area (Å²) in [6.45, 7) is 1.80. The number of ether oxygens (including phenoxy) is 1. The van der Waals surface area contributed by atoms with E-state index in [0.717, 1.165) is 23.4 Å². The third-order valence-electron chi connectivity index (χ3n) is 2.10. The molecule has 0 heterocycles. The van der Waals surface area contributed by atoms with Crippen LogP contribution in [0, 0.1) is 0 Å². The predicted octanol–water partition coefficient (Wildman–Crippen LogP) is 2.07. The van der Waals surface area contributed by atoms with Gasteiger partial charge in [0.2, 0.25) is 0 Å². The van der Waals surface area contributed by atoms with Gasteiger partial charge in [-0.05, 0) is 47.7 Å². The van der Waals surface area contributed by atoms with Gasteiger partial charge in [-0.3, -0.25) is 4.90 Å². The third kappa shape index (κ3) is 3.81. The lowest BCUT2D eigenvalue weighted by atomic mass is 10.2. The molecule has 0 spiro atoms. The Bertz CT molecular complexity index is 317. The molecule has 1 N–H and O–H groups in total. The van der Waals surface area contributed by atoms with E-state index in [1.807, 2.05) is 13.1 Å². The summed E-state index contributed by atoms with van der Waals surface area (Å²) in [6.07, 6.45) is 0. The highest BCUT2D eigenvalue weighted by Crippen LogP contribution is 2.25. The molecule has 0 aliphatic carbocycles. The monoisotopic (exact) mass is 272 g/mol. The average molecular weight is 273 g/mol. The Morgan fingerprint density at radius 3 is 2.73 bits per heavy atom. The summed E-state index contributed by atoms with van der Waals surface area (Å²) in [5.41, 5.74) is 1.26. The van der Waals surface area contributed by atoms with Gasteiger partial charge in [0, 0.05) is 13.2 Å². The van der Waals surface area contributed by atoms with E-state index in [0.29, 0.717) is 0 Å². The Hall–Kier alpha value is -0.580. The molecule has 84 valence electrons. The van der Waals surface area contributed by atoms with Crippen molar-refractivity contribution in [2.24, 2.45) is 0 Å². The van der Waals surface area contributed by atoms with E-state index >= 15 is 0 Å². The number of halogens is 1. The molecule has 0 fully saturated rings. The maximum atomic E-state index is 5.18. The minimum Gasteiger partial charge on any atom is -0.496 e. The molecule has 0 radical (unpaired) electrons. The fourth-order valence-corrected chi connectivity index (χ4v) is 2.03. The molecule has 0 bridgehead atoms. The largest absolute Gasteiger partial charge is 0.496 e. The molecule has 1 aromatic carbocycles. The van der Waals surface area contributed by atoms with Crippen molar-refractivity contribution in [1.82, 2.24) is 10.2 Å². The quantitative estimate of drug-likeness (QED) is 0.831. The number of hydrogen-bond donors (Lipinski definition) is 1. The van der Waals surface area contributed by atoms with Gasteiger partial charge in [0.15, 0.2) is 0 Å². The Morgan fingerprint density at radius 2 is 2.20 bits per heavy atom. The van der Waals surface area contributed by atoms with Crippen LogP contribution in [-0.2, 0) is 6.54 Å². The molecule has 0 aromatic heterocycles. The van der Waals surface area contributed by atoms with E-state index in [4.69, 9.17) is 4.74 Å². The summed E-state index contributed by atoms with van der Waals surface area (Å²) in [5, 5.41) is 3.11. The van der Waals surface area contributed by atoms with Gasteiger partial charge in [-0.25, -0.2) is 0 Å². The number of nitrogens with one attached hydrogen (secondary N) is 1. The zero-order valence-electron chi connectivity index (χ0n) is 9.38. The summed E-state index contributed by atoms with van der Waals surface area (Å²) in [4.78, 5) is 2.20. The summed E-state index contributed by atoms with van der Waals surface area (Å²) in [6, 6.07) is 6.15. The minimum absolute atomic E-state index is 0.870. The zero-order valence-corrected chi connectivity index (χ0v) is 11.0. The molecule has 0 unspecified atom stereocenters. The van der Waals surface area contributed by atoms with Gasteiger partial charge < -0.3 is 10.1 Å². The number of rotatable bonds is 5. The maximum absolute atomic E-state index is 5.18. The van der Waals surface area contributed by atoms with E-state index in [1.165, 1.54) is 5.56 Å². The fraction of sp³-hybridized carbons (Fsp3) is 0.455. The molecule has 0 amide bonds. The van der Waals surface area contributed by atoms with E-state index < -0.39 is 0 Å². The lowest BCUT2D eigenvalue weighted by molar-refractivity contribution is 0.309. The highest BCUT2D eigenvalue weighted by atomic mass is 79.9. The summed E-state index contributed by atoms with van der Waals surface area (Å²) in [7, 11) is 5.70. The van der Waals surface area contributed by atoms with Crippen molar-refractivity contribution >= 4 is 15.9 Å². The molecule has 4 heteroatoms. The molecule has 1 aromatic rings. The Labute approximate surface area is 99.5 Å². The fourth-order valence-electron chi connectivity index (χ4n) is 1.45. The molecule has 15 heavy (non-hydrogen) atoms. The number of methoxy groups -OCH3 is 1. The average Bonchev–Trinajstić information content (AvgIpc) is 2.18. The Kier molecular flexibility index (Phi) is 5.08. The molecular formula is C11H17BrN2O. The van der Waals surface area contributed by atoms with Gasteiger partial charge in [0.1, 0.15) is 5.75 Å². The van der Waals surface area contributed by atoms with Crippen molar-refractivity contribution in [3.63, 3.8) is 0 Å². The van der Waals surface area contributed by atoms with Gasteiger partial charge in [-0.2, -0.15) is 0 Å². The van der Waals surface area contributed by atoms with Gasteiger partial charge in [-0.1, -0.05) is 6.07 Å². The SMILES string of the molecule is CNCN(C)Cc1ccc(OC)c(Br)c1. The standard InChI is InChI=1S/C11H17BrN2O/c1-13-8-14(2)7-9-4-5-11(15-3)10(12)6-9/h4-6,13H,7-8H2,1-3H3. The minimum atomic E-state index is 0.870. The second kappa shape index (κ2) is 6.10. The molecule has 0 aliphatic heterocycles. The van der Waals surface area contributed by atoms with E-state index in [9.17, 15) is 0 Å². The van der Waals surface area contributed by atoms with E-state index in [2.05, 4.69) is 45.3 Å². The van der Waals surface area contributed by atoms with Crippen LogP contribution in [0.2, 0.25) is 0 Å². The first-order valence-electron chi connectivity index (χ1n) is 4.83. The van der Waals surface area contributed by atoms with Crippen molar-refractivity contribution in [1.29, 1.82) is 0 Å². The predicted molar refractivity (Wildman–Crippen MR) is 66.1 cm³/mol. The van der Waals surface area contributed by atoms with E-state index in [1.54, 1.807) is 7.11 Å². The number of hydrogen-bond acceptors (Lipinski definition) is 3. The van der Waals surface area contributed by atoms with Crippen LogP contribution in [0.25, 0.3) is 0 Å². The van der Waals surface area contributed by atoms with E-state index in [-0.39, 0.29) is 0 Å². The Balaban J connectivity index is 2.66. The van der Waals surface area contributed by atoms with Crippen LogP contribution < -0.4 is 10.1 Å². The molecule has 1 rings (SSSR count). The lowest BCUT2D eigenvalue weighted by Crippen LogP contribution is -2.27. The summed E-state index contributed by atoms with van der Waals surface area (Å²) in [5.74, 6) is 0.870. The Morgan fingerprint density at radius 1 is 1.47 bits per heavy atom. The third-order valence-corrected chi connectivity index (χ3v) is 2.72. The first kappa shape index (κ1) is 12.5. The summed E-state index contributed by atoms with van der Waals surface area (Å²) >= 11 is 3.48. The van der Waals surface area contributed by atoms with Crippen LogP contribution in [0.4, 0.5) is 0 Å². The smallest absolute Gasteiger partial charge is 0.133 e. The molecule has 0 saturated carbocycles. The molecule has 3 nitrogen and oxygen atoms in total. The lowest BCUT2D eigenvalue weighted by Gasteiger charge is -2.16. The zero-order chi connectivity index (χ0) is 11.3. The number of nitrogens with zero attached hydrogens (tertiary/aromatic N) is 1. The van der Waals surface area contributed by atoms with Crippen molar-refractivity contribution < 1.29 is 4.74 Å². The summed E-state index contributed by atoms with van der Waals surface area (Å²) < 4.78 is 6.18. The van der Waals surface area contributed by atoms with Crippen molar-refractivity contribution in [3.8, 4) is 5.75 Å². The maximum Gasteiger partial charge on any atom is 0.133 e. The molecular weight excluding hydrogens is 256 g/mol. The van der Waals surface area contributed by atoms with Crippen molar-refractivity contribution in [2.75, 3.05) is 27.9 Å². The first-order chi connectivity index (χ1) is 7.17. The van der Waals surface area contributed by atoms with Crippen LogP contribution in [-0.4, -0.2) is 32.8 Å². The normalized spacial score (nSPS) is 10.7. The van der Waals surface area contributed by atoms with Crippen molar-refractivity contribution in [2.45, 2.75) is 6.54 Å².